The summed E-state index contributed by atoms with van der Waals surface area (Å²) in [7, 11) is 1.52. The van der Waals surface area contributed by atoms with E-state index in [0.717, 1.165) is 32.5 Å². The van der Waals surface area contributed by atoms with Crippen molar-refractivity contribution < 1.29 is 14.7 Å². The number of hydrogen-bond donors (Lipinski definition) is 2. The maximum atomic E-state index is 11.5. The Morgan fingerprint density at radius 1 is 1.03 bits per heavy atom. The van der Waals surface area contributed by atoms with E-state index in [1.165, 1.54) is 28.6 Å². The highest BCUT2D eigenvalue weighted by atomic mass is 16.4. The van der Waals surface area contributed by atoms with Crippen molar-refractivity contribution in [3.63, 3.8) is 0 Å². The smallest absolute Gasteiger partial charge is 0.407 e. The van der Waals surface area contributed by atoms with Crippen molar-refractivity contribution in [2.24, 2.45) is 5.92 Å². The Morgan fingerprint density at radius 2 is 1.66 bits per heavy atom. The van der Waals surface area contributed by atoms with Gasteiger partial charge in [0.1, 0.15) is 6.54 Å². The van der Waals surface area contributed by atoms with E-state index in [0.29, 0.717) is 12.5 Å². The van der Waals surface area contributed by atoms with E-state index in [1.807, 2.05) is 18.2 Å². The number of carbonyl (C=O) groups excluding carboxylic acids is 1. The van der Waals surface area contributed by atoms with Gasteiger partial charge in [0.25, 0.3) is 0 Å². The molecule has 0 atom stereocenters. The fourth-order valence-corrected chi connectivity index (χ4v) is 3.79. The van der Waals surface area contributed by atoms with Gasteiger partial charge in [0.2, 0.25) is 5.91 Å². The summed E-state index contributed by atoms with van der Waals surface area (Å²) in [4.78, 5) is 26.5. The lowest BCUT2D eigenvalue weighted by Gasteiger charge is -2.34. The second kappa shape index (κ2) is 10.1. The van der Waals surface area contributed by atoms with Gasteiger partial charge in [0.15, 0.2) is 0 Å². The second-order valence-corrected chi connectivity index (χ2v) is 7.62. The van der Waals surface area contributed by atoms with Crippen molar-refractivity contribution in [1.82, 2.24) is 15.1 Å². The first-order valence-corrected chi connectivity index (χ1v) is 10.1. The Balaban J connectivity index is 1.48. The quantitative estimate of drug-likeness (QED) is 0.755. The molecular weight excluding hydrogens is 366 g/mol. The minimum Gasteiger partial charge on any atom is -0.465 e. The standard InChI is InChI=1S/C23H29N3O3/c1-24-22(27)17-26(23(28)29)16-19-11-13-25(14-12-19)15-18-7-9-21(10-8-18)20-5-3-2-4-6-20/h2-10,19H,11-17H2,1H3,(H,24,27)(H,28,29). The molecule has 1 fully saturated rings. The van der Waals surface area contributed by atoms with Gasteiger partial charge in [-0.05, 0) is 48.5 Å². The average Bonchev–Trinajstić information content (AvgIpc) is 2.75. The van der Waals surface area contributed by atoms with Crippen molar-refractivity contribution in [2.75, 3.05) is 33.2 Å². The third kappa shape index (κ3) is 6.06. The van der Waals surface area contributed by atoms with E-state index < -0.39 is 6.09 Å². The molecule has 6 heteroatoms. The maximum absolute atomic E-state index is 11.5. The summed E-state index contributed by atoms with van der Waals surface area (Å²) in [6, 6.07) is 19.1. The lowest BCUT2D eigenvalue weighted by molar-refractivity contribution is -0.121. The summed E-state index contributed by atoms with van der Waals surface area (Å²) in [5, 5.41) is 11.8. The Kier molecular flexibility index (Phi) is 7.25. The van der Waals surface area contributed by atoms with Crippen LogP contribution in [0.25, 0.3) is 11.1 Å². The number of nitrogens with one attached hydrogen (secondary N) is 1. The number of hydrogen-bond acceptors (Lipinski definition) is 3. The van der Waals surface area contributed by atoms with Gasteiger partial charge in [-0.25, -0.2) is 4.79 Å². The number of likely N-dealkylation sites (tertiary alicyclic amines) is 1. The molecule has 154 valence electrons. The van der Waals surface area contributed by atoms with Crippen LogP contribution in [0.2, 0.25) is 0 Å². The van der Waals surface area contributed by atoms with E-state index in [1.54, 1.807) is 0 Å². The minimum absolute atomic E-state index is 0.0974. The molecule has 0 saturated carbocycles. The van der Waals surface area contributed by atoms with Gasteiger partial charge in [-0.2, -0.15) is 0 Å². The summed E-state index contributed by atoms with van der Waals surface area (Å²) in [5.41, 5.74) is 3.73. The molecule has 29 heavy (non-hydrogen) atoms. The molecule has 2 N–H and O–H groups in total. The topological polar surface area (TPSA) is 72.9 Å². The number of benzene rings is 2. The number of carboxylic acid groups (broad SMARTS) is 1. The zero-order valence-electron chi connectivity index (χ0n) is 16.9. The molecule has 1 saturated heterocycles. The molecule has 0 radical (unpaired) electrons. The van der Waals surface area contributed by atoms with Gasteiger partial charge in [-0.1, -0.05) is 54.6 Å². The van der Waals surface area contributed by atoms with Gasteiger partial charge in [-0.15, -0.1) is 0 Å². The SMILES string of the molecule is CNC(=O)CN(CC1CCN(Cc2ccc(-c3ccccc3)cc2)CC1)C(=O)O. The summed E-state index contributed by atoms with van der Waals surface area (Å²) in [6.07, 6.45) is 0.855. The minimum atomic E-state index is -1.03. The van der Waals surface area contributed by atoms with Crippen molar-refractivity contribution in [3.05, 3.63) is 60.2 Å². The molecule has 6 nitrogen and oxygen atoms in total. The molecule has 0 unspecified atom stereocenters. The van der Waals surface area contributed by atoms with Crippen LogP contribution >= 0.6 is 0 Å². The predicted molar refractivity (Wildman–Crippen MR) is 114 cm³/mol. The monoisotopic (exact) mass is 395 g/mol. The first kappa shape index (κ1) is 20.9. The Bertz CT molecular complexity index is 800. The van der Waals surface area contributed by atoms with E-state index in [2.05, 4.69) is 46.6 Å². The molecule has 2 amide bonds. The number of amides is 2. The fourth-order valence-electron chi connectivity index (χ4n) is 3.79. The van der Waals surface area contributed by atoms with Crippen molar-refractivity contribution >= 4 is 12.0 Å². The Labute approximate surface area is 172 Å². The molecule has 0 aromatic heterocycles. The summed E-state index contributed by atoms with van der Waals surface area (Å²) >= 11 is 0. The normalized spacial score (nSPS) is 15.1. The number of likely N-dealkylation sites (N-methyl/N-ethyl adjacent to an activating group) is 1. The maximum Gasteiger partial charge on any atom is 0.407 e. The first-order valence-electron chi connectivity index (χ1n) is 10.1. The van der Waals surface area contributed by atoms with Gasteiger partial charge in [-0.3, -0.25) is 14.6 Å². The number of carbonyl (C=O) groups is 2. The molecular formula is C23H29N3O3. The first-order chi connectivity index (χ1) is 14.0. The third-order valence-electron chi connectivity index (χ3n) is 5.54. The van der Waals surface area contributed by atoms with Gasteiger partial charge in [0, 0.05) is 20.1 Å². The molecule has 0 aliphatic carbocycles. The molecule has 2 aromatic rings. The third-order valence-corrected chi connectivity index (χ3v) is 5.54. The number of nitrogens with zero attached hydrogens (tertiary/aromatic N) is 2. The zero-order chi connectivity index (χ0) is 20.6. The summed E-state index contributed by atoms with van der Waals surface area (Å²) in [6.45, 7) is 3.11. The predicted octanol–water partition coefficient (Wildman–Crippen LogP) is 3.29. The van der Waals surface area contributed by atoms with Crippen LogP contribution in [-0.2, 0) is 11.3 Å². The lowest BCUT2D eigenvalue weighted by atomic mass is 9.95. The largest absolute Gasteiger partial charge is 0.465 e. The number of rotatable bonds is 7. The second-order valence-electron chi connectivity index (χ2n) is 7.62. The molecule has 2 aromatic carbocycles. The highest BCUT2D eigenvalue weighted by molar-refractivity contribution is 5.81. The average molecular weight is 396 g/mol. The molecule has 1 aliphatic rings. The van der Waals surface area contributed by atoms with Crippen molar-refractivity contribution in [3.8, 4) is 11.1 Å². The lowest BCUT2D eigenvalue weighted by Crippen LogP contribution is -2.44. The molecule has 3 rings (SSSR count). The van der Waals surface area contributed by atoms with Crippen molar-refractivity contribution in [1.29, 1.82) is 0 Å². The number of piperidine rings is 1. The fraction of sp³-hybridized carbons (Fsp3) is 0.391. The molecule has 1 heterocycles. The molecule has 0 spiro atoms. The molecule has 1 aliphatic heterocycles. The summed E-state index contributed by atoms with van der Waals surface area (Å²) < 4.78 is 0. The Hall–Kier alpha value is -2.86. The highest BCUT2D eigenvalue weighted by Gasteiger charge is 2.24. The van der Waals surface area contributed by atoms with E-state index in [9.17, 15) is 14.7 Å². The van der Waals surface area contributed by atoms with Gasteiger partial charge >= 0.3 is 6.09 Å². The van der Waals surface area contributed by atoms with Crippen LogP contribution < -0.4 is 5.32 Å². The van der Waals surface area contributed by atoms with E-state index >= 15 is 0 Å². The van der Waals surface area contributed by atoms with Crippen molar-refractivity contribution in [2.45, 2.75) is 19.4 Å². The van der Waals surface area contributed by atoms with Crippen LogP contribution in [0.3, 0.4) is 0 Å². The van der Waals surface area contributed by atoms with Crippen LogP contribution in [0.15, 0.2) is 54.6 Å². The molecule has 0 bridgehead atoms. The summed E-state index contributed by atoms with van der Waals surface area (Å²) in [5.74, 6) is 0.0243. The van der Waals surface area contributed by atoms with E-state index in [4.69, 9.17) is 0 Å². The van der Waals surface area contributed by atoms with Crippen LogP contribution in [0.4, 0.5) is 4.79 Å². The Morgan fingerprint density at radius 3 is 2.24 bits per heavy atom. The highest BCUT2D eigenvalue weighted by Crippen LogP contribution is 2.22. The zero-order valence-corrected chi connectivity index (χ0v) is 16.9. The van der Waals surface area contributed by atoms with Crippen LogP contribution in [-0.4, -0.2) is 60.1 Å². The van der Waals surface area contributed by atoms with E-state index in [-0.39, 0.29) is 12.5 Å². The van der Waals surface area contributed by atoms with Gasteiger partial charge in [0.05, 0.1) is 0 Å². The van der Waals surface area contributed by atoms with Gasteiger partial charge < -0.3 is 10.4 Å². The van der Waals surface area contributed by atoms with Crippen LogP contribution in [0.5, 0.6) is 0 Å². The van der Waals surface area contributed by atoms with Crippen LogP contribution in [0, 0.1) is 5.92 Å². The van der Waals surface area contributed by atoms with Crippen LogP contribution in [0.1, 0.15) is 18.4 Å².